The number of rotatable bonds is 6. The molecular weight excluding hydrogens is 499 g/mol. The number of guanidine groups is 1. The van der Waals surface area contributed by atoms with Crippen LogP contribution < -0.4 is 14.8 Å². The van der Waals surface area contributed by atoms with Crippen LogP contribution in [0.5, 0.6) is 11.5 Å². The first kappa shape index (κ1) is 22.6. The summed E-state index contributed by atoms with van der Waals surface area (Å²) in [5.41, 5.74) is 1.25. The highest BCUT2D eigenvalue weighted by Crippen LogP contribution is 2.32. The first-order valence-corrected chi connectivity index (χ1v) is 10.1. The van der Waals surface area contributed by atoms with Crippen LogP contribution in [0.15, 0.2) is 27.7 Å². The predicted molar refractivity (Wildman–Crippen MR) is 124 cm³/mol. The maximum Gasteiger partial charge on any atom is 0.231 e. The van der Waals surface area contributed by atoms with Crippen LogP contribution in [0.4, 0.5) is 0 Å². The van der Waals surface area contributed by atoms with Gasteiger partial charge in [0.15, 0.2) is 23.3 Å². The second-order valence-corrected chi connectivity index (χ2v) is 7.26. The minimum absolute atomic E-state index is 0. The Morgan fingerprint density at radius 1 is 1.17 bits per heavy atom. The summed E-state index contributed by atoms with van der Waals surface area (Å²) in [7, 11) is 1.84. The third kappa shape index (κ3) is 5.75. The molecule has 10 heteroatoms. The monoisotopic (exact) mass is 528 g/mol. The maximum atomic E-state index is 5.48. The molecule has 4 rings (SSSR count). The topological polar surface area (TPSA) is 88.2 Å². The van der Waals surface area contributed by atoms with Crippen LogP contribution in [0, 0.1) is 6.92 Å². The summed E-state index contributed by atoms with van der Waals surface area (Å²) in [5, 5.41) is 7.26. The number of hydrogen-bond acceptors (Lipinski definition) is 7. The fourth-order valence-corrected chi connectivity index (χ4v) is 3.63. The number of fused-ring (bicyclic) bond motifs is 1. The lowest BCUT2D eigenvalue weighted by Gasteiger charge is -2.36. The molecule has 2 aromatic rings. The van der Waals surface area contributed by atoms with E-state index in [0.29, 0.717) is 18.5 Å². The summed E-state index contributed by atoms with van der Waals surface area (Å²) >= 11 is 0. The van der Waals surface area contributed by atoms with E-state index in [1.54, 1.807) is 0 Å². The van der Waals surface area contributed by atoms with Gasteiger partial charge in [0.2, 0.25) is 12.7 Å². The summed E-state index contributed by atoms with van der Waals surface area (Å²) < 4.78 is 16.0. The minimum Gasteiger partial charge on any atom is -0.454 e. The molecule has 0 unspecified atom stereocenters. The van der Waals surface area contributed by atoms with Crippen LogP contribution in [0.2, 0.25) is 0 Å². The normalized spacial score (nSPS) is 16.5. The van der Waals surface area contributed by atoms with Crippen LogP contribution in [0.25, 0.3) is 0 Å². The maximum absolute atomic E-state index is 5.48. The van der Waals surface area contributed by atoms with Crippen LogP contribution in [0.1, 0.15) is 23.7 Å². The van der Waals surface area contributed by atoms with E-state index < -0.39 is 0 Å². The molecule has 164 valence electrons. The van der Waals surface area contributed by atoms with E-state index in [0.717, 1.165) is 69.6 Å². The van der Waals surface area contributed by atoms with Crippen LogP contribution in [-0.2, 0) is 13.0 Å². The van der Waals surface area contributed by atoms with E-state index >= 15 is 0 Å². The molecule has 0 radical (unpaired) electrons. The highest BCUT2D eigenvalue weighted by atomic mass is 127. The molecule has 2 aliphatic rings. The quantitative estimate of drug-likeness (QED) is 0.264. The standard InChI is InChI=1S/C20H28N6O3.HI/c1-15-23-19(29-24-15)4-3-7-22-20(21-2)26-10-8-25(9-11-26)13-16-5-6-17-18(12-16)28-14-27-17;/h5-6,12H,3-4,7-11,13-14H2,1-2H3,(H,21,22);1H. The molecule has 0 atom stereocenters. The average Bonchev–Trinajstić information content (AvgIpc) is 3.37. The molecule has 3 heterocycles. The Morgan fingerprint density at radius 2 is 1.97 bits per heavy atom. The molecule has 0 saturated carbocycles. The van der Waals surface area contributed by atoms with E-state index in [-0.39, 0.29) is 24.0 Å². The van der Waals surface area contributed by atoms with E-state index in [1.165, 1.54) is 5.56 Å². The number of ether oxygens (including phenoxy) is 2. The second kappa shape index (κ2) is 10.8. The number of halogens is 1. The molecule has 1 aromatic heterocycles. The van der Waals surface area contributed by atoms with Crippen molar-refractivity contribution < 1.29 is 14.0 Å². The van der Waals surface area contributed by atoms with Crippen molar-refractivity contribution in [2.75, 3.05) is 46.6 Å². The van der Waals surface area contributed by atoms with Gasteiger partial charge in [-0.3, -0.25) is 9.89 Å². The van der Waals surface area contributed by atoms with Gasteiger partial charge in [-0.25, -0.2) is 0 Å². The fraction of sp³-hybridized carbons (Fsp3) is 0.550. The van der Waals surface area contributed by atoms with Crippen molar-refractivity contribution in [2.45, 2.75) is 26.3 Å². The molecule has 1 fully saturated rings. The summed E-state index contributed by atoms with van der Waals surface area (Å²) in [5.74, 6) is 4.01. The fourth-order valence-electron chi connectivity index (χ4n) is 3.63. The third-order valence-corrected chi connectivity index (χ3v) is 5.15. The number of aliphatic imine (C=N–C) groups is 1. The summed E-state index contributed by atoms with van der Waals surface area (Å²) in [4.78, 5) is 13.4. The number of aryl methyl sites for hydroxylation is 2. The number of benzene rings is 1. The van der Waals surface area contributed by atoms with Gasteiger partial charge in [0, 0.05) is 52.7 Å². The largest absolute Gasteiger partial charge is 0.454 e. The number of hydrogen-bond donors (Lipinski definition) is 1. The van der Waals surface area contributed by atoms with Crippen molar-refractivity contribution in [3.63, 3.8) is 0 Å². The van der Waals surface area contributed by atoms with Crippen molar-refractivity contribution in [3.8, 4) is 11.5 Å². The molecule has 2 aliphatic heterocycles. The van der Waals surface area contributed by atoms with Gasteiger partial charge in [0.05, 0.1) is 0 Å². The van der Waals surface area contributed by atoms with Crippen LogP contribution >= 0.6 is 24.0 Å². The van der Waals surface area contributed by atoms with E-state index in [4.69, 9.17) is 14.0 Å². The highest BCUT2D eigenvalue weighted by Gasteiger charge is 2.20. The lowest BCUT2D eigenvalue weighted by Crippen LogP contribution is -2.52. The molecule has 1 aromatic carbocycles. The van der Waals surface area contributed by atoms with Gasteiger partial charge in [-0.2, -0.15) is 4.98 Å². The van der Waals surface area contributed by atoms with Crippen molar-refractivity contribution in [2.24, 2.45) is 4.99 Å². The molecule has 0 aliphatic carbocycles. The molecule has 1 N–H and O–H groups in total. The number of aromatic nitrogens is 2. The highest BCUT2D eigenvalue weighted by molar-refractivity contribution is 14.0. The van der Waals surface area contributed by atoms with Gasteiger partial charge in [0.1, 0.15) is 0 Å². The van der Waals surface area contributed by atoms with E-state index in [9.17, 15) is 0 Å². The zero-order valence-electron chi connectivity index (χ0n) is 17.5. The first-order valence-electron chi connectivity index (χ1n) is 10.1. The van der Waals surface area contributed by atoms with Gasteiger partial charge in [-0.15, -0.1) is 24.0 Å². The number of nitrogens with one attached hydrogen (secondary N) is 1. The van der Waals surface area contributed by atoms with E-state index in [1.807, 2.05) is 20.0 Å². The Bertz CT molecular complexity index is 851. The van der Waals surface area contributed by atoms with Crippen LogP contribution in [0.3, 0.4) is 0 Å². The SMILES string of the molecule is CN=C(NCCCc1nc(C)no1)N1CCN(Cc2ccc3c(c2)OCO3)CC1.I. The zero-order chi connectivity index (χ0) is 20.1. The average molecular weight is 528 g/mol. The van der Waals surface area contributed by atoms with Crippen molar-refractivity contribution in [1.29, 1.82) is 0 Å². The molecule has 0 amide bonds. The van der Waals surface area contributed by atoms with Crippen molar-refractivity contribution in [1.82, 2.24) is 25.3 Å². The molecular formula is C20H29IN6O3. The minimum atomic E-state index is 0. The Kier molecular flexibility index (Phi) is 8.14. The zero-order valence-corrected chi connectivity index (χ0v) is 19.8. The van der Waals surface area contributed by atoms with Gasteiger partial charge in [0.25, 0.3) is 0 Å². The molecule has 0 bridgehead atoms. The lowest BCUT2D eigenvalue weighted by molar-refractivity contribution is 0.171. The smallest absolute Gasteiger partial charge is 0.231 e. The molecule has 0 spiro atoms. The van der Waals surface area contributed by atoms with E-state index in [2.05, 4.69) is 42.4 Å². The molecule has 1 saturated heterocycles. The molecule has 30 heavy (non-hydrogen) atoms. The number of piperazine rings is 1. The van der Waals surface area contributed by atoms with Crippen LogP contribution in [-0.4, -0.2) is 72.5 Å². The molecule has 9 nitrogen and oxygen atoms in total. The number of nitrogens with zero attached hydrogens (tertiary/aromatic N) is 5. The Balaban J connectivity index is 0.00000256. The van der Waals surface area contributed by atoms with Gasteiger partial charge in [-0.05, 0) is 31.0 Å². The van der Waals surface area contributed by atoms with Gasteiger partial charge < -0.3 is 24.2 Å². The second-order valence-electron chi connectivity index (χ2n) is 7.26. The Hall–Kier alpha value is -2.08. The Morgan fingerprint density at radius 3 is 2.70 bits per heavy atom. The summed E-state index contributed by atoms with van der Waals surface area (Å²) in [6, 6.07) is 6.20. The first-order chi connectivity index (χ1) is 14.2. The van der Waals surface area contributed by atoms with Crippen molar-refractivity contribution >= 4 is 29.9 Å². The lowest BCUT2D eigenvalue weighted by atomic mass is 10.1. The Labute approximate surface area is 193 Å². The predicted octanol–water partition coefficient (Wildman–Crippen LogP) is 2.05. The van der Waals surface area contributed by atoms with Gasteiger partial charge >= 0.3 is 0 Å². The summed E-state index contributed by atoms with van der Waals surface area (Å²) in [6.07, 6.45) is 1.69. The summed E-state index contributed by atoms with van der Waals surface area (Å²) in [6.45, 7) is 7.79. The van der Waals surface area contributed by atoms with Gasteiger partial charge in [-0.1, -0.05) is 11.2 Å². The van der Waals surface area contributed by atoms with Crippen molar-refractivity contribution in [3.05, 3.63) is 35.5 Å². The third-order valence-electron chi connectivity index (χ3n) is 5.15.